The average molecular weight is 275 g/mol. The van der Waals surface area contributed by atoms with Gasteiger partial charge >= 0.3 is 0 Å². The maximum atomic E-state index is 12.3. The van der Waals surface area contributed by atoms with E-state index in [1.807, 2.05) is 0 Å². The monoisotopic (exact) mass is 274 g/mol. The molecule has 1 saturated heterocycles. The Bertz CT molecular complexity index is 277. The summed E-state index contributed by atoms with van der Waals surface area (Å²) in [5.74, 6) is 0.378. The predicted molar refractivity (Wildman–Crippen MR) is 77.1 cm³/mol. The molecule has 2 fully saturated rings. The molecule has 1 amide bonds. The molecule has 3 nitrogen and oxygen atoms in total. The van der Waals surface area contributed by atoms with Gasteiger partial charge in [-0.15, -0.1) is 12.4 Å². The maximum absolute atomic E-state index is 12.3. The number of rotatable bonds is 2. The fraction of sp³-hybridized carbons (Fsp3) is 0.929. The van der Waals surface area contributed by atoms with Gasteiger partial charge < -0.3 is 10.2 Å². The lowest BCUT2D eigenvalue weighted by Gasteiger charge is -2.37. The Labute approximate surface area is 117 Å². The summed E-state index contributed by atoms with van der Waals surface area (Å²) < 4.78 is 0. The quantitative estimate of drug-likeness (QED) is 0.839. The summed E-state index contributed by atoms with van der Waals surface area (Å²) >= 11 is 0. The highest BCUT2D eigenvalue weighted by Crippen LogP contribution is 2.39. The van der Waals surface area contributed by atoms with Gasteiger partial charge in [0.25, 0.3) is 0 Å². The second-order valence-electron chi connectivity index (χ2n) is 6.24. The highest BCUT2D eigenvalue weighted by atomic mass is 35.5. The molecule has 2 rings (SSSR count). The molecule has 1 atom stereocenters. The summed E-state index contributed by atoms with van der Waals surface area (Å²) in [5.41, 5.74) is 0.281. The van der Waals surface area contributed by atoms with Gasteiger partial charge in [0.1, 0.15) is 0 Å². The Balaban J connectivity index is 0.00000162. The van der Waals surface area contributed by atoms with Crippen molar-refractivity contribution in [1.29, 1.82) is 0 Å². The molecule has 0 radical (unpaired) electrons. The van der Waals surface area contributed by atoms with Crippen molar-refractivity contribution >= 4 is 18.3 Å². The van der Waals surface area contributed by atoms with Crippen LogP contribution in [0.5, 0.6) is 0 Å². The second kappa shape index (κ2) is 6.76. The second-order valence-corrected chi connectivity index (χ2v) is 6.24. The third-order valence-electron chi connectivity index (χ3n) is 4.36. The highest BCUT2D eigenvalue weighted by molar-refractivity contribution is 5.85. The zero-order valence-corrected chi connectivity index (χ0v) is 12.5. The topological polar surface area (TPSA) is 32.3 Å². The Kier molecular flexibility index (Phi) is 5.93. The van der Waals surface area contributed by atoms with Crippen LogP contribution in [0.2, 0.25) is 0 Å². The SMILES string of the molecule is C[C@@H]1CN(C(=O)CC2(C)CCCCC2)CCN1.Cl. The number of halogens is 1. The molecule has 1 saturated carbocycles. The minimum absolute atomic E-state index is 0. The molecule has 1 N–H and O–H groups in total. The van der Waals surface area contributed by atoms with Gasteiger partial charge in [-0.25, -0.2) is 0 Å². The van der Waals surface area contributed by atoms with Crippen molar-refractivity contribution < 1.29 is 4.79 Å². The van der Waals surface area contributed by atoms with Gasteiger partial charge in [0, 0.05) is 32.1 Å². The van der Waals surface area contributed by atoms with E-state index in [0.29, 0.717) is 11.9 Å². The number of nitrogens with zero attached hydrogens (tertiary/aromatic N) is 1. The van der Waals surface area contributed by atoms with Crippen LogP contribution in [0.3, 0.4) is 0 Å². The van der Waals surface area contributed by atoms with Crippen molar-refractivity contribution in [3.8, 4) is 0 Å². The largest absolute Gasteiger partial charge is 0.340 e. The Hall–Kier alpha value is -0.280. The van der Waals surface area contributed by atoms with E-state index < -0.39 is 0 Å². The summed E-state index contributed by atoms with van der Waals surface area (Å²) in [6.07, 6.45) is 7.21. The molecule has 1 heterocycles. The molecule has 2 aliphatic rings. The first-order valence-electron chi connectivity index (χ1n) is 7.10. The fourth-order valence-corrected chi connectivity index (χ4v) is 3.22. The molecule has 18 heavy (non-hydrogen) atoms. The lowest BCUT2D eigenvalue weighted by atomic mass is 9.73. The van der Waals surface area contributed by atoms with E-state index in [-0.39, 0.29) is 17.8 Å². The van der Waals surface area contributed by atoms with Crippen LogP contribution in [0.15, 0.2) is 0 Å². The van der Waals surface area contributed by atoms with E-state index in [1.165, 1.54) is 32.1 Å². The van der Waals surface area contributed by atoms with Crippen LogP contribution in [0.4, 0.5) is 0 Å². The summed E-state index contributed by atoms with van der Waals surface area (Å²) in [4.78, 5) is 14.4. The Morgan fingerprint density at radius 2 is 2.00 bits per heavy atom. The summed E-state index contributed by atoms with van der Waals surface area (Å²) in [5, 5.41) is 3.39. The lowest BCUT2D eigenvalue weighted by molar-refractivity contribution is -0.135. The standard InChI is InChI=1S/C14H26N2O.ClH/c1-12-11-16(9-8-15-12)13(17)10-14(2)6-4-3-5-7-14;/h12,15H,3-11H2,1-2H3;1H/t12-;/m1./s1. The van der Waals surface area contributed by atoms with E-state index >= 15 is 0 Å². The summed E-state index contributed by atoms with van der Waals surface area (Å²) in [6, 6.07) is 0.451. The van der Waals surface area contributed by atoms with Crippen molar-refractivity contribution in [3.05, 3.63) is 0 Å². The van der Waals surface area contributed by atoms with E-state index in [2.05, 4.69) is 24.1 Å². The van der Waals surface area contributed by atoms with Gasteiger partial charge in [-0.05, 0) is 25.2 Å². The molecule has 0 unspecified atom stereocenters. The predicted octanol–water partition coefficient (Wildman–Crippen LogP) is 2.59. The third-order valence-corrected chi connectivity index (χ3v) is 4.36. The Morgan fingerprint density at radius 3 is 2.61 bits per heavy atom. The number of nitrogens with one attached hydrogen (secondary N) is 1. The van der Waals surface area contributed by atoms with Gasteiger partial charge in [-0.3, -0.25) is 4.79 Å². The number of amides is 1. The normalized spacial score (nSPS) is 27.4. The third kappa shape index (κ3) is 4.13. The van der Waals surface area contributed by atoms with Crippen molar-refractivity contribution in [1.82, 2.24) is 10.2 Å². The van der Waals surface area contributed by atoms with Crippen LogP contribution in [0.1, 0.15) is 52.4 Å². The van der Waals surface area contributed by atoms with Gasteiger partial charge in [0.15, 0.2) is 0 Å². The molecule has 4 heteroatoms. The van der Waals surface area contributed by atoms with Crippen LogP contribution in [0.25, 0.3) is 0 Å². The molecule has 1 aliphatic heterocycles. The minimum atomic E-state index is 0. The summed E-state index contributed by atoms with van der Waals surface area (Å²) in [7, 11) is 0. The minimum Gasteiger partial charge on any atom is -0.340 e. The molecular weight excluding hydrogens is 248 g/mol. The van der Waals surface area contributed by atoms with E-state index in [1.54, 1.807) is 0 Å². The van der Waals surface area contributed by atoms with Crippen molar-refractivity contribution in [2.45, 2.75) is 58.4 Å². The number of carbonyl (C=O) groups is 1. The lowest BCUT2D eigenvalue weighted by Crippen LogP contribution is -2.52. The first-order chi connectivity index (χ1) is 8.09. The van der Waals surface area contributed by atoms with E-state index in [9.17, 15) is 4.79 Å². The van der Waals surface area contributed by atoms with Crippen LogP contribution in [-0.2, 0) is 4.79 Å². The van der Waals surface area contributed by atoms with Crippen molar-refractivity contribution in [3.63, 3.8) is 0 Å². The van der Waals surface area contributed by atoms with Gasteiger partial charge in [-0.1, -0.05) is 26.2 Å². The molecule has 0 aromatic carbocycles. The van der Waals surface area contributed by atoms with Crippen LogP contribution in [0, 0.1) is 5.41 Å². The van der Waals surface area contributed by atoms with Crippen LogP contribution >= 0.6 is 12.4 Å². The molecule has 0 aromatic rings. The number of hydrogen-bond donors (Lipinski definition) is 1. The number of piperazine rings is 1. The van der Waals surface area contributed by atoms with E-state index in [4.69, 9.17) is 0 Å². The number of hydrogen-bond acceptors (Lipinski definition) is 2. The van der Waals surface area contributed by atoms with Gasteiger partial charge in [0.05, 0.1) is 0 Å². The maximum Gasteiger partial charge on any atom is 0.223 e. The zero-order valence-electron chi connectivity index (χ0n) is 11.7. The molecule has 0 bridgehead atoms. The van der Waals surface area contributed by atoms with Crippen molar-refractivity contribution in [2.24, 2.45) is 5.41 Å². The molecule has 0 aromatic heterocycles. The van der Waals surface area contributed by atoms with Crippen LogP contribution < -0.4 is 5.32 Å². The first-order valence-corrected chi connectivity index (χ1v) is 7.10. The molecule has 0 spiro atoms. The van der Waals surface area contributed by atoms with E-state index in [0.717, 1.165) is 26.1 Å². The molecule has 106 valence electrons. The molecular formula is C14H27ClN2O. The first kappa shape index (κ1) is 15.8. The fourth-order valence-electron chi connectivity index (χ4n) is 3.22. The highest BCUT2D eigenvalue weighted by Gasteiger charge is 2.32. The van der Waals surface area contributed by atoms with Gasteiger partial charge in [-0.2, -0.15) is 0 Å². The zero-order chi connectivity index (χ0) is 12.3. The van der Waals surface area contributed by atoms with Gasteiger partial charge in [0.2, 0.25) is 5.91 Å². The smallest absolute Gasteiger partial charge is 0.223 e. The molecule has 1 aliphatic carbocycles. The average Bonchev–Trinajstić information content (AvgIpc) is 2.29. The number of carbonyl (C=O) groups excluding carboxylic acids is 1. The summed E-state index contributed by atoms with van der Waals surface area (Å²) in [6.45, 7) is 7.18. The Morgan fingerprint density at radius 1 is 1.33 bits per heavy atom. The van der Waals surface area contributed by atoms with Crippen molar-refractivity contribution in [2.75, 3.05) is 19.6 Å². The van der Waals surface area contributed by atoms with Crippen LogP contribution in [-0.4, -0.2) is 36.5 Å².